The molecule has 1 N–H and O–H groups in total. The Bertz CT molecular complexity index is 1960. The van der Waals surface area contributed by atoms with Gasteiger partial charge in [-0.25, -0.2) is 9.78 Å². The second kappa shape index (κ2) is 12.5. The van der Waals surface area contributed by atoms with E-state index < -0.39 is 11.2 Å². The number of morpholine rings is 1. The second-order valence-corrected chi connectivity index (χ2v) is 15.3. The van der Waals surface area contributed by atoms with Gasteiger partial charge in [0, 0.05) is 29.4 Å². The van der Waals surface area contributed by atoms with Crippen LogP contribution in [0, 0.1) is 0 Å². The molecule has 11 nitrogen and oxygen atoms in total. The van der Waals surface area contributed by atoms with Crippen molar-refractivity contribution in [2.75, 3.05) is 26.3 Å². The lowest BCUT2D eigenvalue weighted by Gasteiger charge is -2.43. The molecule has 4 heterocycles. The predicted molar refractivity (Wildman–Crippen MR) is 185 cm³/mol. The van der Waals surface area contributed by atoms with Gasteiger partial charge in [0.05, 0.1) is 42.3 Å². The first-order valence-electron chi connectivity index (χ1n) is 16.5. The van der Waals surface area contributed by atoms with Gasteiger partial charge in [0.1, 0.15) is 17.1 Å². The standard InChI is InChI=1S/C36H39Cl2N5O6/c1-34(2,3)49-33(46)43-28(19-48-21-35(43)12-13-35)23-6-10-26(11-7-23)42-29(38)18-27-30(42)39-22-41(32(27)45)20-36(47)14-16-40(17-15-36)31(44)24-4-8-25(37)9-5-24/h4-11,18,22,28,47H,12-17,19-21H2,1-3H3. The van der Waals surface area contributed by atoms with E-state index in [2.05, 4.69) is 4.98 Å². The summed E-state index contributed by atoms with van der Waals surface area (Å²) in [6.07, 6.45) is 3.45. The molecule has 2 aliphatic heterocycles. The number of piperidine rings is 1. The first-order chi connectivity index (χ1) is 23.3. The zero-order valence-corrected chi connectivity index (χ0v) is 29.2. The fourth-order valence-corrected chi connectivity index (χ4v) is 7.32. The number of benzene rings is 2. The highest BCUT2D eigenvalue weighted by molar-refractivity contribution is 6.31. The molecule has 1 saturated carbocycles. The molecule has 0 radical (unpaired) electrons. The molecule has 2 aromatic heterocycles. The zero-order chi connectivity index (χ0) is 34.7. The van der Waals surface area contributed by atoms with Crippen LogP contribution in [0.4, 0.5) is 4.79 Å². The lowest BCUT2D eigenvalue weighted by molar-refractivity contribution is -0.0711. The molecule has 1 atom stereocenters. The summed E-state index contributed by atoms with van der Waals surface area (Å²) in [5, 5.41) is 12.6. The molecule has 3 fully saturated rings. The molecule has 258 valence electrons. The fraction of sp³-hybridized carbons (Fsp3) is 0.444. The number of hydrogen-bond donors (Lipinski definition) is 1. The summed E-state index contributed by atoms with van der Waals surface area (Å²) < 4.78 is 14.9. The predicted octanol–water partition coefficient (Wildman–Crippen LogP) is 6.00. The van der Waals surface area contributed by atoms with Crippen molar-refractivity contribution in [2.24, 2.45) is 0 Å². The average Bonchev–Trinajstić information content (AvgIpc) is 3.73. The van der Waals surface area contributed by atoms with Crippen molar-refractivity contribution in [2.45, 2.75) is 75.8 Å². The number of fused-ring (bicyclic) bond motifs is 1. The van der Waals surface area contributed by atoms with Crippen molar-refractivity contribution in [3.05, 3.63) is 92.6 Å². The van der Waals surface area contributed by atoms with Crippen LogP contribution in [0.3, 0.4) is 0 Å². The van der Waals surface area contributed by atoms with Crippen LogP contribution in [-0.2, 0) is 16.0 Å². The van der Waals surface area contributed by atoms with Gasteiger partial charge in [-0.3, -0.25) is 23.6 Å². The maximum absolute atomic E-state index is 13.7. The molecule has 1 spiro atoms. The third-order valence-corrected chi connectivity index (χ3v) is 10.2. The van der Waals surface area contributed by atoms with Crippen molar-refractivity contribution < 1.29 is 24.2 Å². The molecule has 4 aromatic rings. The molecule has 7 rings (SSSR count). The molecule has 0 bridgehead atoms. The molecule has 1 aliphatic carbocycles. The molecule has 13 heteroatoms. The lowest BCUT2D eigenvalue weighted by Crippen LogP contribution is -2.53. The fourth-order valence-electron chi connectivity index (χ4n) is 6.91. The number of halogens is 2. The minimum atomic E-state index is -1.19. The number of rotatable bonds is 5. The molecule has 1 unspecified atom stereocenters. The first kappa shape index (κ1) is 33.6. The van der Waals surface area contributed by atoms with E-state index in [4.69, 9.17) is 32.7 Å². The van der Waals surface area contributed by atoms with E-state index in [0.29, 0.717) is 71.6 Å². The minimum absolute atomic E-state index is 0.0361. The Labute approximate surface area is 293 Å². The van der Waals surface area contributed by atoms with E-state index in [1.165, 1.54) is 10.9 Å². The summed E-state index contributed by atoms with van der Waals surface area (Å²) in [5.41, 5.74) is 0.0599. The van der Waals surface area contributed by atoms with E-state index >= 15 is 0 Å². The number of nitrogens with zero attached hydrogens (tertiary/aromatic N) is 5. The smallest absolute Gasteiger partial charge is 0.411 e. The summed E-state index contributed by atoms with van der Waals surface area (Å²) in [4.78, 5) is 48.1. The summed E-state index contributed by atoms with van der Waals surface area (Å²) in [5.74, 6) is -0.123. The number of carbonyl (C=O) groups is 2. The molecular formula is C36H39Cl2N5O6. The van der Waals surface area contributed by atoms with E-state index in [1.807, 2.05) is 49.9 Å². The van der Waals surface area contributed by atoms with E-state index in [-0.39, 0.29) is 35.7 Å². The number of carbonyl (C=O) groups excluding carboxylic acids is 2. The van der Waals surface area contributed by atoms with E-state index in [1.54, 1.807) is 39.8 Å². The van der Waals surface area contributed by atoms with Gasteiger partial charge < -0.3 is 19.5 Å². The number of aromatic nitrogens is 3. The molecule has 2 saturated heterocycles. The Morgan fingerprint density at radius 3 is 2.33 bits per heavy atom. The number of likely N-dealkylation sites (tertiary alicyclic amines) is 1. The summed E-state index contributed by atoms with van der Waals surface area (Å²) in [6.45, 7) is 7.18. The summed E-state index contributed by atoms with van der Waals surface area (Å²) in [6, 6.07) is 15.6. The SMILES string of the molecule is CC(C)(C)OC(=O)N1C(c2ccc(-n3c(Cl)cc4c(=O)n(CC5(O)CCN(C(=O)c6ccc(Cl)cc6)CC5)cnc43)cc2)COCC12CC2. The van der Waals surface area contributed by atoms with Gasteiger partial charge in [-0.1, -0.05) is 35.3 Å². The van der Waals surface area contributed by atoms with Crippen LogP contribution in [0.5, 0.6) is 0 Å². The van der Waals surface area contributed by atoms with Crippen molar-refractivity contribution in [1.29, 1.82) is 0 Å². The van der Waals surface area contributed by atoms with Crippen LogP contribution in [-0.4, -0.2) is 84.1 Å². The van der Waals surface area contributed by atoms with E-state index in [9.17, 15) is 19.5 Å². The van der Waals surface area contributed by atoms with Gasteiger partial charge in [0.15, 0.2) is 5.65 Å². The normalized spacial score (nSPS) is 20.1. The van der Waals surface area contributed by atoms with Gasteiger partial charge >= 0.3 is 6.09 Å². The highest BCUT2D eigenvalue weighted by Crippen LogP contribution is 2.49. The number of amides is 2. The minimum Gasteiger partial charge on any atom is -0.444 e. The molecule has 3 aliphatic rings. The zero-order valence-electron chi connectivity index (χ0n) is 27.7. The lowest BCUT2D eigenvalue weighted by atomic mass is 9.91. The Morgan fingerprint density at radius 2 is 1.69 bits per heavy atom. The summed E-state index contributed by atoms with van der Waals surface area (Å²) >= 11 is 12.7. The van der Waals surface area contributed by atoms with Gasteiger partial charge in [0.25, 0.3) is 11.5 Å². The highest BCUT2D eigenvalue weighted by atomic mass is 35.5. The van der Waals surface area contributed by atoms with Crippen LogP contribution in [0.2, 0.25) is 10.2 Å². The largest absolute Gasteiger partial charge is 0.444 e. The average molecular weight is 709 g/mol. The highest BCUT2D eigenvalue weighted by Gasteiger charge is 2.56. The Morgan fingerprint density at radius 1 is 1.02 bits per heavy atom. The van der Waals surface area contributed by atoms with Crippen LogP contribution in [0.15, 0.2) is 65.7 Å². The van der Waals surface area contributed by atoms with Gasteiger partial charge in [-0.05, 0) is 94.5 Å². The quantitative estimate of drug-likeness (QED) is 0.270. The molecular weight excluding hydrogens is 669 g/mol. The van der Waals surface area contributed by atoms with Crippen LogP contribution in [0.25, 0.3) is 16.7 Å². The van der Waals surface area contributed by atoms with Crippen LogP contribution in [0.1, 0.15) is 68.4 Å². The van der Waals surface area contributed by atoms with Gasteiger partial charge in [-0.15, -0.1) is 0 Å². The first-order valence-corrected chi connectivity index (χ1v) is 17.3. The molecule has 49 heavy (non-hydrogen) atoms. The van der Waals surface area contributed by atoms with Crippen molar-refractivity contribution >= 4 is 46.2 Å². The Balaban J connectivity index is 1.08. The van der Waals surface area contributed by atoms with Gasteiger partial charge in [-0.2, -0.15) is 0 Å². The monoisotopic (exact) mass is 707 g/mol. The van der Waals surface area contributed by atoms with Crippen molar-refractivity contribution in [3.63, 3.8) is 0 Å². The molecule has 2 aromatic carbocycles. The van der Waals surface area contributed by atoms with Crippen molar-refractivity contribution in [3.8, 4) is 5.69 Å². The van der Waals surface area contributed by atoms with Crippen molar-refractivity contribution in [1.82, 2.24) is 23.9 Å². The maximum atomic E-state index is 13.7. The number of aliphatic hydroxyl groups is 1. The second-order valence-electron chi connectivity index (χ2n) is 14.4. The third-order valence-electron chi connectivity index (χ3n) is 9.70. The Hall–Kier alpha value is -3.90. The number of hydrogen-bond acceptors (Lipinski definition) is 7. The van der Waals surface area contributed by atoms with Gasteiger partial charge in [0.2, 0.25) is 0 Å². The number of ether oxygens (including phenoxy) is 2. The van der Waals surface area contributed by atoms with E-state index in [0.717, 1.165) is 18.4 Å². The maximum Gasteiger partial charge on any atom is 0.411 e. The Kier molecular flexibility index (Phi) is 8.54. The topological polar surface area (TPSA) is 119 Å². The summed E-state index contributed by atoms with van der Waals surface area (Å²) in [7, 11) is 0. The van der Waals surface area contributed by atoms with Crippen LogP contribution < -0.4 is 5.56 Å². The molecule has 2 amide bonds. The van der Waals surface area contributed by atoms with Crippen LogP contribution >= 0.6 is 23.2 Å². The third kappa shape index (κ3) is 6.57.